The van der Waals surface area contributed by atoms with Gasteiger partial charge in [0.2, 0.25) is 0 Å². The Bertz CT molecular complexity index is 1100. The second-order valence-corrected chi connectivity index (χ2v) is 9.83. The van der Waals surface area contributed by atoms with Crippen molar-refractivity contribution in [3.8, 4) is 5.75 Å². The number of rotatable bonds is 7. The van der Waals surface area contributed by atoms with Crippen LogP contribution in [-0.4, -0.2) is 54.2 Å². The SMILES string of the molecule is CCOC(=O)/C=C/c1c(CCNC(=O)OC(C)(C)C)c2cc(OC)ccc2n1C(=O)OC(C)(C)C. The summed E-state index contributed by atoms with van der Waals surface area (Å²) in [7, 11) is 1.55. The molecule has 1 heterocycles. The van der Waals surface area contributed by atoms with Crippen LogP contribution in [0.1, 0.15) is 59.7 Å². The van der Waals surface area contributed by atoms with Crippen molar-refractivity contribution in [3.63, 3.8) is 0 Å². The molecule has 1 N–H and O–H groups in total. The monoisotopic (exact) mass is 488 g/mol. The quantitative estimate of drug-likeness (QED) is 0.329. The van der Waals surface area contributed by atoms with Crippen LogP contribution >= 0.6 is 0 Å². The Kier molecular flexibility index (Phi) is 8.95. The highest BCUT2D eigenvalue weighted by molar-refractivity contribution is 5.98. The molecule has 0 saturated heterocycles. The lowest BCUT2D eigenvalue weighted by Gasteiger charge is -2.21. The number of esters is 1. The predicted molar refractivity (Wildman–Crippen MR) is 134 cm³/mol. The van der Waals surface area contributed by atoms with Crippen LogP contribution in [0.3, 0.4) is 0 Å². The van der Waals surface area contributed by atoms with Gasteiger partial charge in [-0.1, -0.05) is 0 Å². The molecule has 35 heavy (non-hydrogen) atoms. The number of benzene rings is 1. The van der Waals surface area contributed by atoms with Gasteiger partial charge in [0.1, 0.15) is 17.0 Å². The second kappa shape index (κ2) is 11.3. The van der Waals surface area contributed by atoms with Gasteiger partial charge in [-0.05, 0) is 84.7 Å². The number of amides is 1. The van der Waals surface area contributed by atoms with Gasteiger partial charge in [0.25, 0.3) is 0 Å². The highest BCUT2D eigenvalue weighted by atomic mass is 16.6. The third-order valence-electron chi connectivity index (χ3n) is 4.60. The number of hydrogen-bond acceptors (Lipinski definition) is 7. The van der Waals surface area contributed by atoms with E-state index in [-0.39, 0.29) is 13.2 Å². The summed E-state index contributed by atoms with van der Waals surface area (Å²) in [5.74, 6) is 0.0602. The molecule has 0 bridgehead atoms. The zero-order valence-electron chi connectivity index (χ0n) is 21.8. The average molecular weight is 489 g/mol. The summed E-state index contributed by atoms with van der Waals surface area (Å²) in [5, 5.41) is 3.46. The lowest BCUT2D eigenvalue weighted by Crippen LogP contribution is -2.33. The molecule has 0 aliphatic rings. The van der Waals surface area contributed by atoms with Crippen LogP contribution in [0, 0.1) is 0 Å². The Hall–Kier alpha value is -3.49. The highest BCUT2D eigenvalue weighted by Gasteiger charge is 2.25. The molecule has 0 spiro atoms. The molecule has 2 rings (SSSR count). The Morgan fingerprint density at radius 3 is 2.26 bits per heavy atom. The van der Waals surface area contributed by atoms with Gasteiger partial charge in [-0.25, -0.2) is 19.0 Å². The zero-order valence-corrected chi connectivity index (χ0v) is 21.8. The van der Waals surface area contributed by atoms with Crippen LogP contribution in [0.5, 0.6) is 5.75 Å². The van der Waals surface area contributed by atoms with E-state index in [2.05, 4.69) is 5.32 Å². The van der Waals surface area contributed by atoms with Gasteiger partial charge in [0.15, 0.2) is 0 Å². The van der Waals surface area contributed by atoms with Crippen molar-refractivity contribution in [3.05, 3.63) is 35.5 Å². The van der Waals surface area contributed by atoms with Gasteiger partial charge >= 0.3 is 18.2 Å². The summed E-state index contributed by atoms with van der Waals surface area (Å²) in [6.45, 7) is 12.9. The smallest absolute Gasteiger partial charge is 0.419 e. The first-order valence-corrected chi connectivity index (χ1v) is 11.5. The van der Waals surface area contributed by atoms with E-state index in [1.54, 1.807) is 73.8 Å². The molecule has 0 atom stereocenters. The molecular weight excluding hydrogens is 452 g/mol. The first-order valence-electron chi connectivity index (χ1n) is 11.5. The van der Waals surface area contributed by atoms with Gasteiger partial charge in [-0.2, -0.15) is 0 Å². The second-order valence-electron chi connectivity index (χ2n) is 9.83. The zero-order chi connectivity index (χ0) is 26.4. The summed E-state index contributed by atoms with van der Waals surface area (Å²) in [5.41, 5.74) is 0.386. The molecule has 0 fully saturated rings. The van der Waals surface area contributed by atoms with E-state index in [9.17, 15) is 14.4 Å². The molecule has 1 aromatic carbocycles. The molecular formula is C26H36N2O7. The van der Waals surface area contributed by atoms with Crippen molar-refractivity contribution in [1.82, 2.24) is 9.88 Å². The van der Waals surface area contributed by atoms with Gasteiger partial charge in [-0.3, -0.25) is 0 Å². The fourth-order valence-electron chi connectivity index (χ4n) is 3.36. The Balaban J connectivity index is 2.58. The molecule has 192 valence electrons. The van der Waals surface area contributed by atoms with Crippen molar-refractivity contribution in [1.29, 1.82) is 0 Å². The van der Waals surface area contributed by atoms with Crippen LogP contribution in [-0.2, 0) is 25.4 Å². The summed E-state index contributed by atoms with van der Waals surface area (Å²) in [6.07, 6.45) is 2.00. The summed E-state index contributed by atoms with van der Waals surface area (Å²) < 4.78 is 22.8. The van der Waals surface area contributed by atoms with Gasteiger partial charge in [0.05, 0.1) is 24.9 Å². The molecule has 0 radical (unpaired) electrons. The van der Waals surface area contributed by atoms with Crippen molar-refractivity contribution in [2.45, 2.75) is 66.1 Å². The largest absolute Gasteiger partial charge is 0.497 e. The summed E-state index contributed by atoms with van der Waals surface area (Å²) in [4.78, 5) is 37.5. The summed E-state index contributed by atoms with van der Waals surface area (Å²) >= 11 is 0. The highest BCUT2D eigenvalue weighted by Crippen LogP contribution is 2.32. The van der Waals surface area contributed by atoms with Crippen LogP contribution in [0.2, 0.25) is 0 Å². The van der Waals surface area contributed by atoms with Crippen LogP contribution in [0.25, 0.3) is 17.0 Å². The number of fused-ring (bicyclic) bond motifs is 1. The third kappa shape index (κ3) is 8.05. The minimum Gasteiger partial charge on any atom is -0.497 e. The molecule has 0 aliphatic heterocycles. The van der Waals surface area contributed by atoms with Gasteiger partial charge < -0.3 is 24.3 Å². The van der Waals surface area contributed by atoms with Crippen molar-refractivity contribution in [2.24, 2.45) is 0 Å². The fourth-order valence-corrected chi connectivity index (χ4v) is 3.36. The maximum Gasteiger partial charge on any atom is 0.419 e. The van der Waals surface area contributed by atoms with E-state index in [0.29, 0.717) is 23.4 Å². The predicted octanol–water partition coefficient (Wildman–Crippen LogP) is 5.08. The minimum absolute atomic E-state index is 0.224. The number of ether oxygens (including phenoxy) is 4. The standard InChI is InChI=1S/C26H36N2O7/c1-9-33-22(29)13-12-20-18(14-15-27-23(30)34-25(2,3)4)19-16-17(32-8)10-11-21(19)28(20)24(31)35-26(5,6)7/h10-13,16H,9,14-15H2,1-8H3,(H,27,30)/b13-12+. The number of nitrogens with zero attached hydrogens (tertiary/aromatic N) is 1. The van der Waals surface area contributed by atoms with Gasteiger partial charge in [-0.15, -0.1) is 0 Å². The van der Waals surface area contributed by atoms with E-state index < -0.39 is 29.4 Å². The molecule has 0 saturated carbocycles. The lowest BCUT2D eigenvalue weighted by molar-refractivity contribution is -0.137. The van der Waals surface area contributed by atoms with Gasteiger partial charge in [0, 0.05) is 18.0 Å². The third-order valence-corrected chi connectivity index (χ3v) is 4.60. The van der Waals surface area contributed by atoms with Crippen LogP contribution in [0.4, 0.5) is 9.59 Å². The van der Waals surface area contributed by atoms with E-state index >= 15 is 0 Å². The molecule has 1 aromatic heterocycles. The molecule has 2 aromatic rings. The van der Waals surface area contributed by atoms with Crippen LogP contribution < -0.4 is 10.1 Å². The number of hydrogen-bond donors (Lipinski definition) is 1. The first kappa shape index (κ1) is 27.8. The topological polar surface area (TPSA) is 105 Å². The molecule has 0 unspecified atom stereocenters. The Labute approximate surface area is 206 Å². The summed E-state index contributed by atoms with van der Waals surface area (Å²) in [6, 6.07) is 5.30. The molecule has 1 amide bonds. The van der Waals surface area contributed by atoms with Crippen molar-refractivity contribution < 1.29 is 33.3 Å². The maximum atomic E-state index is 13.2. The Morgan fingerprint density at radius 2 is 1.69 bits per heavy atom. The molecule has 9 nitrogen and oxygen atoms in total. The normalized spacial score (nSPS) is 12.0. The van der Waals surface area contributed by atoms with Crippen molar-refractivity contribution in [2.75, 3.05) is 20.3 Å². The number of aromatic nitrogens is 1. The first-order chi connectivity index (χ1) is 16.3. The number of methoxy groups -OCH3 is 1. The Morgan fingerprint density at radius 1 is 1.03 bits per heavy atom. The minimum atomic E-state index is -0.735. The van der Waals surface area contributed by atoms with E-state index in [4.69, 9.17) is 18.9 Å². The van der Waals surface area contributed by atoms with E-state index in [0.717, 1.165) is 10.9 Å². The maximum absolute atomic E-state index is 13.2. The molecule has 0 aliphatic carbocycles. The van der Waals surface area contributed by atoms with Crippen LogP contribution in [0.15, 0.2) is 24.3 Å². The number of carbonyl (C=O) groups is 3. The van der Waals surface area contributed by atoms with Crippen molar-refractivity contribution >= 4 is 35.1 Å². The lowest BCUT2D eigenvalue weighted by atomic mass is 10.1. The number of alkyl carbamates (subject to hydrolysis) is 1. The van der Waals surface area contributed by atoms with E-state index in [1.165, 1.54) is 16.7 Å². The fraction of sp³-hybridized carbons (Fsp3) is 0.500. The number of nitrogens with one attached hydrogen (secondary N) is 1. The molecule has 9 heteroatoms. The average Bonchev–Trinajstić information content (AvgIpc) is 3.02. The van der Waals surface area contributed by atoms with E-state index in [1.807, 2.05) is 0 Å². The number of carbonyl (C=O) groups excluding carboxylic acids is 3.